The Kier molecular flexibility index (Phi) is 10.2. The molecule has 0 amide bonds. The zero-order valence-electron chi connectivity index (χ0n) is 14.6. The molecular weight excluding hydrogens is 364 g/mol. The molecule has 1 atom stereocenters. The molecule has 1 aromatic carbocycles. The molecule has 2 aliphatic rings. The lowest BCUT2D eigenvalue weighted by atomic mass is 9.91. The van der Waals surface area contributed by atoms with Gasteiger partial charge in [-0.05, 0) is 43.5 Å². The fourth-order valence-electron chi connectivity index (χ4n) is 3.70. The molecule has 0 aromatic heterocycles. The maximum Gasteiger partial charge on any atom is 0.126 e. The number of likely N-dealkylation sites (tertiary alicyclic amines) is 1. The zero-order chi connectivity index (χ0) is 16.1. The van der Waals surface area contributed by atoms with Crippen molar-refractivity contribution >= 4 is 24.8 Å². The van der Waals surface area contributed by atoms with Gasteiger partial charge in [-0.1, -0.05) is 18.2 Å². The Hall–Kier alpha value is -0.430. The first-order valence-corrected chi connectivity index (χ1v) is 8.76. The highest BCUT2D eigenvalue weighted by Gasteiger charge is 2.32. The monoisotopic (exact) mass is 393 g/mol. The summed E-state index contributed by atoms with van der Waals surface area (Å²) in [5.41, 5.74) is 6.56. The van der Waals surface area contributed by atoms with Gasteiger partial charge >= 0.3 is 0 Å². The van der Waals surface area contributed by atoms with E-state index in [0.717, 1.165) is 64.3 Å². The van der Waals surface area contributed by atoms with Gasteiger partial charge in [-0.15, -0.1) is 24.8 Å². The molecule has 0 spiro atoms. The van der Waals surface area contributed by atoms with E-state index in [-0.39, 0.29) is 36.5 Å². The Bertz CT molecular complexity index is 497. The SMILES string of the molecule is Cl.Cl.NCC[C@@H](CCN1CC(N2CCOCC2)C1)c1ccccc1F. The smallest absolute Gasteiger partial charge is 0.126 e. The van der Waals surface area contributed by atoms with E-state index in [9.17, 15) is 4.39 Å². The molecule has 0 saturated carbocycles. The van der Waals surface area contributed by atoms with Crippen molar-refractivity contribution in [2.75, 3.05) is 52.5 Å². The largest absolute Gasteiger partial charge is 0.379 e. The molecule has 3 rings (SSSR count). The van der Waals surface area contributed by atoms with Crippen LogP contribution in [0, 0.1) is 5.82 Å². The summed E-state index contributed by atoms with van der Waals surface area (Å²) in [6.07, 6.45) is 1.83. The van der Waals surface area contributed by atoms with Crippen LogP contribution in [0.3, 0.4) is 0 Å². The van der Waals surface area contributed by atoms with Gasteiger partial charge in [0, 0.05) is 32.2 Å². The van der Waals surface area contributed by atoms with Crippen LogP contribution in [0.15, 0.2) is 24.3 Å². The Balaban J connectivity index is 0.00000156. The van der Waals surface area contributed by atoms with E-state index in [2.05, 4.69) is 9.80 Å². The third-order valence-corrected chi connectivity index (χ3v) is 5.15. The normalized spacial score (nSPS) is 20.2. The van der Waals surface area contributed by atoms with E-state index in [4.69, 9.17) is 10.5 Å². The van der Waals surface area contributed by atoms with Crippen LogP contribution in [0.1, 0.15) is 24.3 Å². The highest BCUT2D eigenvalue weighted by molar-refractivity contribution is 5.85. The number of ether oxygens (including phenoxy) is 1. The maximum absolute atomic E-state index is 14.0. The van der Waals surface area contributed by atoms with E-state index in [1.54, 1.807) is 12.1 Å². The predicted molar refractivity (Wildman–Crippen MR) is 105 cm³/mol. The number of hydrogen-bond donors (Lipinski definition) is 1. The summed E-state index contributed by atoms with van der Waals surface area (Å²) in [4.78, 5) is 5.01. The molecule has 2 fully saturated rings. The zero-order valence-corrected chi connectivity index (χ0v) is 16.2. The summed E-state index contributed by atoms with van der Waals surface area (Å²) in [6.45, 7) is 7.74. The Morgan fingerprint density at radius 3 is 2.44 bits per heavy atom. The minimum Gasteiger partial charge on any atom is -0.379 e. The van der Waals surface area contributed by atoms with Crippen molar-refractivity contribution in [3.05, 3.63) is 35.6 Å². The van der Waals surface area contributed by atoms with Crippen molar-refractivity contribution in [3.63, 3.8) is 0 Å². The summed E-state index contributed by atoms with van der Waals surface area (Å²) in [5, 5.41) is 0. The summed E-state index contributed by atoms with van der Waals surface area (Å²) in [5.74, 6) is 0.129. The Morgan fingerprint density at radius 1 is 1.12 bits per heavy atom. The number of hydrogen-bond acceptors (Lipinski definition) is 4. The standard InChI is InChI=1S/C18H28FN3O.2ClH/c19-18-4-2-1-3-17(18)15(5-7-20)6-8-21-13-16(14-21)22-9-11-23-12-10-22;;/h1-4,15-16H,5-14,20H2;2*1H/t15-;;/m0../s1. The van der Waals surface area contributed by atoms with E-state index >= 15 is 0 Å². The van der Waals surface area contributed by atoms with Crippen LogP contribution in [0.25, 0.3) is 0 Å². The molecule has 2 N–H and O–H groups in total. The first kappa shape index (κ1) is 22.6. The Morgan fingerprint density at radius 2 is 1.80 bits per heavy atom. The van der Waals surface area contributed by atoms with Crippen LogP contribution in [-0.2, 0) is 4.74 Å². The lowest BCUT2D eigenvalue weighted by Crippen LogP contribution is -2.61. The van der Waals surface area contributed by atoms with Crippen LogP contribution < -0.4 is 5.73 Å². The molecule has 144 valence electrons. The third kappa shape index (κ3) is 6.05. The van der Waals surface area contributed by atoms with Crippen molar-refractivity contribution in [3.8, 4) is 0 Å². The molecule has 7 heteroatoms. The first-order valence-electron chi connectivity index (χ1n) is 8.76. The van der Waals surface area contributed by atoms with Crippen LogP contribution >= 0.6 is 24.8 Å². The van der Waals surface area contributed by atoms with Gasteiger partial charge in [0.25, 0.3) is 0 Å². The van der Waals surface area contributed by atoms with Gasteiger partial charge in [0.1, 0.15) is 5.82 Å². The average Bonchev–Trinajstić information content (AvgIpc) is 2.54. The molecule has 2 saturated heterocycles. The number of benzene rings is 1. The summed E-state index contributed by atoms with van der Waals surface area (Å²) in [6, 6.07) is 7.81. The maximum atomic E-state index is 14.0. The molecule has 2 heterocycles. The molecule has 0 bridgehead atoms. The molecule has 0 unspecified atom stereocenters. The number of nitrogens with two attached hydrogens (primary N) is 1. The van der Waals surface area contributed by atoms with Crippen molar-refractivity contribution in [2.45, 2.75) is 24.8 Å². The number of morpholine rings is 1. The van der Waals surface area contributed by atoms with E-state index in [0.29, 0.717) is 12.6 Å². The molecule has 2 aliphatic heterocycles. The average molecular weight is 394 g/mol. The highest BCUT2D eigenvalue weighted by atomic mass is 35.5. The highest BCUT2D eigenvalue weighted by Crippen LogP contribution is 2.27. The second-order valence-electron chi connectivity index (χ2n) is 6.65. The van der Waals surface area contributed by atoms with Gasteiger partial charge in [-0.3, -0.25) is 4.90 Å². The van der Waals surface area contributed by atoms with Crippen LogP contribution in [0.5, 0.6) is 0 Å². The van der Waals surface area contributed by atoms with Crippen molar-refractivity contribution in [2.24, 2.45) is 5.73 Å². The van der Waals surface area contributed by atoms with Crippen molar-refractivity contribution in [1.82, 2.24) is 9.80 Å². The minimum absolute atomic E-state index is 0. The van der Waals surface area contributed by atoms with Gasteiger partial charge in [0.2, 0.25) is 0 Å². The van der Waals surface area contributed by atoms with Gasteiger partial charge in [0.05, 0.1) is 13.2 Å². The van der Waals surface area contributed by atoms with Gasteiger partial charge in [-0.2, -0.15) is 0 Å². The van der Waals surface area contributed by atoms with Crippen molar-refractivity contribution in [1.29, 1.82) is 0 Å². The number of rotatable bonds is 7. The van der Waals surface area contributed by atoms with Gasteiger partial charge in [0.15, 0.2) is 0 Å². The third-order valence-electron chi connectivity index (χ3n) is 5.15. The molecule has 25 heavy (non-hydrogen) atoms. The van der Waals surface area contributed by atoms with E-state index in [1.165, 1.54) is 0 Å². The lowest BCUT2D eigenvalue weighted by molar-refractivity contribution is -0.0325. The fourth-order valence-corrected chi connectivity index (χ4v) is 3.70. The predicted octanol–water partition coefficient (Wildman–Crippen LogP) is 2.51. The summed E-state index contributed by atoms with van der Waals surface area (Å²) in [7, 11) is 0. The van der Waals surface area contributed by atoms with Gasteiger partial charge in [-0.25, -0.2) is 4.39 Å². The molecule has 0 radical (unpaired) electrons. The summed E-state index contributed by atoms with van der Waals surface area (Å²) >= 11 is 0. The van der Waals surface area contributed by atoms with E-state index < -0.39 is 0 Å². The minimum atomic E-state index is -0.0965. The lowest BCUT2D eigenvalue weighted by Gasteiger charge is -2.47. The van der Waals surface area contributed by atoms with Crippen LogP contribution in [0.4, 0.5) is 4.39 Å². The van der Waals surface area contributed by atoms with Crippen LogP contribution in [-0.4, -0.2) is 68.3 Å². The first-order chi connectivity index (χ1) is 11.3. The van der Waals surface area contributed by atoms with Crippen molar-refractivity contribution < 1.29 is 9.13 Å². The number of nitrogens with zero attached hydrogens (tertiary/aromatic N) is 2. The number of halogens is 3. The molecular formula is C18H30Cl2FN3O. The second-order valence-corrected chi connectivity index (χ2v) is 6.65. The Labute approximate surface area is 162 Å². The summed E-state index contributed by atoms with van der Waals surface area (Å²) < 4.78 is 19.4. The second kappa shape index (κ2) is 11.3. The van der Waals surface area contributed by atoms with Crippen LogP contribution in [0.2, 0.25) is 0 Å². The fraction of sp³-hybridized carbons (Fsp3) is 0.667. The molecule has 1 aromatic rings. The van der Waals surface area contributed by atoms with E-state index in [1.807, 2.05) is 12.1 Å². The molecule has 4 nitrogen and oxygen atoms in total. The van der Waals surface area contributed by atoms with Gasteiger partial charge < -0.3 is 15.4 Å². The molecule has 0 aliphatic carbocycles. The quantitative estimate of drug-likeness (QED) is 0.772. The topological polar surface area (TPSA) is 41.7 Å².